The summed E-state index contributed by atoms with van der Waals surface area (Å²) in [5.74, 6) is -1.14. The molecule has 6 heteroatoms. The zero-order chi connectivity index (χ0) is 21.1. The molecule has 2 aromatic rings. The average Bonchev–Trinajstić information content (AvgIpc) is 2.98. The molecule has 2 aliphatic rings. The van der Waals surface area contributed by atoms with E-state index in [1.807, 2.05) is 37.4 Å². The number of ether oxygens (including phenoxy) is 2. The third-order valence-corrected chi connectivity index (χ3v) is 6.55. The van der Waals surface area contributed by atoms with Gasteiger partial charge in [-0.1, -0.05) is 41.9 Å². The largest absolute Gasteiger partial charge is 0.465 e. The van der Waals surface area contributed by atoms with Crippen molar-refractivity contribution in [2.24, 2.45) is 5.92 Å². The van der Waals surface area contributed by atoms with E-state index in [-0.39, 0.29) is 24.6 Å². The molecule has 0 amide bonds. The Morgan fingerprint density at radius 2 is 1.80 bits per heavy atom. The summed E-state index contributed by atoms with van der Waals surface area (Å²) in [5, 5.41) is 0.680. The quantitative estimate of drug-likeness (QED) is 0.648. The van der Waals surface area contributed by atoms with Crippen molar-refractivity contribution in [2.45, 2.75) is 43.9 Å². The molecule has 2 bridgehead atoms. The number of hydrogen-bond acceptors (Lipinski definition) is 5. The lowest BCUT2D eigenvalue weighted by Crippen LogP contribution is -2.53. The molecule has 5 nitrogen and oxygen atoms in total. The van der Waals surface area contributed by atoms with Crippen molar-refractivity contribution in [1.82, 2.24) is 4.90 Å². The Morgan fingerprint density at radius 1 is 1.07 bits per heavy atom. The minimum Gasteiger partial charge on any atom is -0.465 e. The van der Waals surface area contributed by atoms with Crippen LogP contribution in [0.3, 0.4) is 0 Å². The minimum atomic E-state index is -0.466. The first-order valence-electron chi connectivity index (χ1n) is 10.4. The highest BCUT2D eigenvalue weighted by atomic mass is 35.5. The number of fused-ring (bicyclic) bond motifs is 2. The monoisotopic (exact) mass is 427 g/mol. The van der Waals surface area contributed by atoms with Crippen molar-refractivity contribution in [1.29, 1.82) is 0 Å². The van der Waals surface area contributed by atoms with Crippen LogP contribution in [0.15, 0.2) is 54.6 Å². The smallest absolute Gasteiger partial charge is 0.338 e. The van der Waals surface area contributed by atoms with Crippen LogP contribution >= 0.6 is 11.6 Å². The Morgan fingerprint density at radius 3 is 2.53 bits per heavy atom. The van der Waals surface area contributed by atoms with Gasteiger partial charge in [0.15, 0.2) is 0 Å². The molecule has 0 spiro atoms. The second-order valence-corrected chi connectivity index (χ2v) is 8.52. The van der Waals surface area contributed by atoms with Crippen LogP contribution in [0.2, 0.25) is 5.02 Å². The summed E-state index contributed by atoms with van der Waals surface area (Å²) < 4.78 is 11.5. The van der Waals surface area contributed by atoms with Gasteiger partial charge < -0.3 is 9.47 Å². The summed E-state index contributed by atoms with van der Waals surface area (Å²) in [4.78, 5) is 27.9. The van der Waals surface area contributed by atoms with Crippen LogP contribution < -0.4 is 0 Å². The molecular weight excluding hydrogens is 402 g/mol. The molecule has 0 N–H and O–H groups in total. The number of benzene rings is 2. The number of nitrogens with zero attached hydrogens (tertiary/aromatic N) is 1. The maximum absolute atomic E-state index is 13.0. The number of halogens is 1. The predicted octanol–water partition coefficient (Wildman–Crippen LogP) is 4.13. The topological polar surface area (TPSA) is 55.8 Å². The highest BCUT2D eigenvalue weighted by Gasteiger charge is 2.51. The molecule has 2 aliphatic heterocycles. The Labute approximate surface area is 181 Å². The minimum absolute atomic E-state index is 0.0420. The Bertz CT molecular complexity index is 886. The molecular formula is C24H26ClNO4. The van der Waals surface area contributed by atoms with Crippen LogP contribution in [-0.2, 0) is 20.7 Å². The second-order valence-electron chi connectivity index (χ2n) is 8.08. The summed E-state index contributed by atoms with van der Waals surface area (Å²) in [6.07, 6.45) is 2.73. The van der Waals surface area contributed by atoms with Gasteiger partial charge in [0.25, 0.3) is 0 Å². The van der Waals surface area contributed by atoms with Gasteiger partial charge in [0.2, 0.25) is 0 Å². The standard InChI is InChI=1S/C24H26ClNO4/c1-26-19-11-12-20(26)22(21(15-19)30-23(27)17-5-3-2-4-6-17)24(28)29-14-13-16-7-9-18(25)10-8-16/h2-10,19-22H,11-15H2,1H3/t19-,20?,21+,22?/m1/s1. The second kappa shape index (κ2) is 9.19. The SMILES string of the molecule is CN1C2CC[C@@H]1C[C@H](OC(=O)c1ccccc1)C2C(=O)OCCc1ccc(Cl)cc1. The molecule has 2 aromatic carbocycles. The highest BCUT2D eigenvalue weighted by Crippen LogP contribution is 2.40. The van der Waals surface area contributed by atoms with Gasteiger partial charge in [-0.05, 0) is 49.7 Å². The first-order chi connectivity index (χ1) is 14.5. The van der Waals surface area contributed by atoms with Gasteiger partial charge in [-0.15, -0.1) is 0 Å². The summed E-state index contributed by atoms with van der Waals surface area (Å²) in [5.41, 5.74) is 1.56. The molecule has 0 aromatic heterocycles. The number of carbonyl (C=O) groups excluding carboxylic acids is 2. The summed E-state index contributed by atoms with van der Waals surface area (Å²) in [6, 6.07) is 16.8. The van der Waals surface area contributed by atoms with Crippen LogP contribution in [0, 0.1) is 5.92 Å². The lowest BCUT2D eigenvalue weighted by Gasteiger charge is -2.40. The molecule has 4 atom stereocenters. The van der Waals surface area contributed by atoms with E-state index in [9.17, 15) is 9.59 Å². The lowest BCUT2D eigenvalue weighted by atomic mass is 9.87. The molecule has 30 heavy (non-hydrogen) atoms. The summed E-state index contributed by atoms with van der Waals surface area (Å²) in [7, 11) is 2.05. The highest BCUT2D eigenvalue weighted by molar-refractivity contribution is 6.30. The number of piperidine rings is 1. The third-order valence-electron chi connectivity index (χ3n) is 6.30. The van der Waals surface area contributed by atoms with E-state index in [4.69, 9.17) is 21.1 Å². The van der Waals surface area contributed by atoms with E-state index in [2.05, 4.69) is 4.90 Å². The third kappa shape index (κ3) is 4.52. The van der Waals surface area contributed by atoms with Crippen molar-refractivity contribution in [3.8, 4) is 0 Å². The van der Waals surface area contributed by atoms with Gasteiger partial charge in [0, 0.05) is 29.9 Å². The van der Waals surface area contributed by atoms with Crippen LogP contribution in [0.4, 0.5) is 0 Å². The van der Waals surface area contributed by atoms with E-state index in [1.165, 1.54) is 0 Å². The first-order valence-corrected chi connectivity index (χ1v) is 10.8. The van der Waals surface area contributed by atoms with Gasteiger partial charge in [-0.25, -0.2) is 4.79 Å². The van der Waals surface area contributed by atoms with Crippen molar-refractivity contribution >= 4 is 23.5 Å². The zero-order valence-corrected chi connectivity index (χ0v) is 17.8. The van der Waals surface area contributed by atoms with Gasteiger partial charge >= 0.3 is 11.9 Å². The molecule has 2 fully saturated rings. The zero-order valence-electron chi connectivity index (χ0n) is 17.0. The van der Waals surface area contributed by atoms with Gasteiger partial charge in [0.1, 0.15) is 12.0 Å². The summed E-state index contributed by atoms with van der Waals surface area (Å²) in [6.45, 7) is 0.288. The molecule has 0 saturated carbocycles. The van der Waals surface area contributed by atoms with Gasteiger partial charge in [-0.2, -0.15) is 0 Å². The number of hydrogen-bond donors (Lipinski definition) is 0. The van der Waals surface area contributed by atoms with Crippen LogP contribution in [0.5, 0.6) is 0 Å². The van der Waals surface area contributed by atoms with Crippen molar-refractivity contribution in [2.75, 3.05) is 13.7 Å². The van der Waals surface area contributed by atoms with Crippen LogP contribution in [-0.4, -0.2) is 48.7 Å². The van der Waals surface area contributed by atoms with Crippen molar-refractivity contribution in [3.05, 3.63) is 70.7 Å². The lowest BCUT2D eigenvalue weighted by molar-refractivity contribution is -0.159. The van der Waals surface area contributed by atoms with Gasteiger partial charge in [0.05, 0.1) is 12.2 Å². The van der Waals surface area contributed by atoms with Crippen molar-refractivity contribution in [3.63, 3.8) is 0 Å². The molecule has 4 rings (SSSR count). The summed E-state index contributed by atoms with van der Waals surface area (Å²) >= 11 is 5.92. The Balaban J connectivity index is 1.42. The maximum Gasteiger partial charge on any atom is 0.338 e. The van der Waals surface area contributed by atoms with E-state index in [1.54, 1.807) is 24.3 Å². The number of esters is 2. The van der Waals surface area contributed by atoms with E-state index in [0.717, 1.165) is 18.4 Å². The van der Waals surface area contributed by atoms with E-state index in [0.29, 0.717) is 29.5 Å². The number of carbonyl (C=O) groups is 2. The van der Waals surface area contributed by atoms with Crippen molar-refractivity contribution < 1.29 is 19.1 Å². The fourth-order valence-electron chi connectivity index (χ4n) is 4.65. The Hall–Kier alpha value is -2.37. The normalized spacial score (nSPS) is 25.7. The molecule has 0 radical (unpaired) electrons. The molecule has 0 aliphatic carbocycles. The molecule has 2 saturated heterocycles. The predicted molar refractivity (Wildman–Crippen MR) is 114 cm³/mol. The fourth-order valence-corrected chi connectivity index (χ4v) is 4.77. The van der Waals surface area contributed by atoms with Crippen LogP contribution in [0.25, 0.3) is 0 Å². The molecule has 158 valence electrons. The van der Waals surface area contributed by atoms with Crippen LogP contribution in [0.1, 0.15) is 35.2 Å². The Kier molecular flexibility index (Phi) is 6.40. The average molecular weight is 428 g/mol. The maximum atomic E-state index is 13.0. The first kappa shape index (κ1) is 20.9. The van der Waals surface area contributed by atoms with E-state index < -0.39 is 12.0 Å². The fraction of sp³-hybridized carbons (Fsp3) is 0.417. The van der Waals surface area contributed by atoms with Gasteiger partial charge in [-0.3, -0.25) is 9.69 Å². The van der Waals surface area contributed by atoms with E-state index >= 15 is 0 Å². The molecule has 2 heterocycles. The number of rotatable bonds is 6. The molecule has 2 unspecified atom stereocenters.